The Hall–Kier alpha value is -3.58. The van der Waals surface area contributed by atoms with E-state index < -0.39 is 29.4 Å². The van der Waals surface area contributed by atoms with Crippen LogP contribution in [0.5, 0.6) is 0 Å². The van der Waals surface area contributed by atoms with Crippen LogP contribution < -0.4 is 10.6 Å². The fourth-order valence-electron chi connectivity index (χ4n) is 3.47. The first-order chi connectivity index (χ1) is 17.1. The van der Waals surface area contributed by atoms with Gasteiger partial charge >= 0.3 is 6.18 Å². The highest BCUT2D eigenvalue weighted by Gasteiger charge is 2.37. The Morgan fingerprint density at radius 2 is 1.94 bits per heavy atom. The lowest BCUT2D eigenvalue weighted by Gasteiger charge is -2.16. The second-order valence-corrected chi connectivity index (χ2v) is 8.95. The molecule has 4 heterocycles. The molecule has 4 aromatic heterocycles. The number of anilines is 1. The second-order valence-electron chi connectivity index (χ2n) is 7.55. The summed E-state index contributed by atoms with van der Waals surface area (Å²) in [7, 11) is 0. The molecule has 2 N–H and O–H groups in total. The van der Waals surface area contributed by atoms with E-state index in [1.165, 1.54) is 40.8 Å². The maximum Gasteiger partial charge on any atom is 0.435 e. The quantitative estimate of drug-likeness (QED) is 0.342. The average molecular weight is 538 g/mol. The number of fused-ring (bicyclic) bond motifs is 1. The number of halogens is 4. The molecule has 36 heavy (non-hydrogen) atoms. The van der Waals surface area contributed by atoms with Crippen LogP contribution in [0.1, 0.15) is 32.2 Å². The maximum atomic E-state index is 13.5. The molecule has 0 atom stereocenters. The molecule has 188 valence electrons. The highest BCUT2D eigenvalue weighted by atomic mass is 35.5. The molecule has 0 spiro atoms. The van der Waals surface area contributed by atoms with Crippen LogP contribution in [0.15, 0.2) is 42.7 Å². The summed E-state index contributed by atoms with van der Waals surface area (Å²) in [6, 6.07) is 6.87. The molecule has 0 saturated carbocycles. The maximum absolute atomic E-state index is 13.5. The summed E-state index contributed by atoms with van der Waals surface area (Å²) in [6.07, 6.45) is -0.131. The van der Waals surface area contributed by atoms with Crippen LogP contribution >= 0.6 is 23.4 Å². The molecule has 0 saturated heterocycles. The number of thioether (sulfide) groups is 1. The van der Waals surface area contributed by atoms with Gasteiger partial charge in [-0.3, -0.25) is 9.59 Å². The minimum Gasteiger partial charge on any atom is -0.350 e. The molecule has 0 bridgehead atoms. The SMILES string of the molecule is CSCCNC(=O)c1c(NC(=O)c2cc(C(F)(F)F)nn2-c2ncccc2Cl)c(C)cc2ccnn12. The van der Waals surface area contributed by atoms with Gasteiger partial charge in [-0.25, -0.2) is 14.2 Å². The van der Waals surface area contributed by atoms with Crippen LogP contribution in [0.25, 0.3) is 11.3 Å². The lowest BCUT2D eigenvalue weighted by molar-refractivity contribution is -0.141. The summed E-state index contributed by atoms with van der Waals surface area (Å²) in [5.74, 6) is -0.957. The van der Waals surface area contributed by atoms with Crippen molar-refractivity contribution in [1.82, 2.24) is 29.7 Å². The van der Waals surface area contributed by atoms with Gasteiger partial charge in [0.25, 0.3) is 11.8 Å². The van der Waals surface area contributed by atoms with Gasteiger partial charge in [-0.1, -0.05) is 11.6 Å². The third kappa shape index (κ3) is 5.02. The topological polar surface area (TPSA) is 106 Å². The predicted molar refractivity (Wildman–Crippen MR) is 130 cm³/mol. The summed E-state index contributed by atoms with van der Waals surface area (Å²) in [5.41, 5.74) is -0.552. The number of pyridine rings is 2. The number of aromatic nitrogens is 5. The van der Waals surface area contributed by atoms with E-state index in [-0.39, 0.29) is 22.2 Å². The molecule has 14 heteroatoms. The van der Waals surface area contributed by atoms with Crippen molar-refractivity contribution in [1.29, 1.82) is 0 Å². The highest BCUT2D eigenvalue weighted by molar-refractivity contribution is 7.98. The van der Waals surface area contributed by atoms with Crippen LogP contribution in [0, 0.1) is 6.92 Å². The Kier molecular flexibility index (Phi) is 7.22. The fourth-order valence-corrected chi connectivity index (χ4v) is 3.98. The molecule has 2 amide bonds. The zero-order valence-corrected chi connectivity index (χ0v) is 20.5. The Morgan fingerprint density at radius 1 is 1.17 bits per heavy atom. The van der Waals surface area contributed by atoms with E-state index >= 15 is 0 Å². The molecule has 0 aromatic carbocycles. The Morgan fingerprint density at radius 3 is 2.64 bits per heavy atom. The zero-order valence-electron chi connectivity index (χ0n) is 18.9. The van der Waals surface area contributed by atoms with Crippen LogP contribution in [0.4, 0.5) is 18.9 Å². The third-order valence-electron chi connectivity index (χ3n) is 5.10. The molecule has 4 aromatic rings. The van der Waals surface area contributed by atoms with E-state index in [1.54, 1.807) is 19.1 Å². The van der Waals surface area contributed by atoms with Crippen LogP contribution in [0.3, 0.4) is 0 Å². The number of carbonyl (C=O) groups excluding carboxylic acids is 2. The molecular formula is C22H19ClF3N7O2S. The van der Waals surface area contributed by atoms with Gasteiger partial charge in [-0.2, -0.15) is 35.1 Å². The normalized spacial score (nSPS) is 11.6. The van der Waals surface area contributed by atoms with Gasteiger partial charge < -0.3 is 10.6 Å². The van der Waals surface area contributed by atoms with Crippen molar-refractivity contribution in [2.24, 2.45) is 0 Å². The van der Waals surface area contributed by atoms with Crippen molar-refractivity contribution >= 4 is 46.4 Å². The number of alkyl halides is 3. The van der Waals surface area contributed by atoms with E-state index in [1.807, 2.05) is 6.26 Å². The van der Waals surface area contributed by atoms with Gasteiger partial charge in [0.2, 0.25) is 0 Å². The zero-order chi connectivity index (χ0) is 26.0. The van der Waals surface area contributed by atoms with Crippen molar-refractivity contribution in [3.8, 4) is 5.82 Å². The standard InChI is InChI=1S/C22H19ClF3N7O2S/c1-12-10-13-5-7-29-32(13)18(21(35)28-8-9-36-2)17(12)30-20(34)15-11-16(22(24,25)26)31-33(15)19-14(23)4-3-6-27-19/h3-7,10-11H,8-9H2,1-2H3,(H,28,35)(H,30,34). The summed E-state index contributed by atoms with van der Waals surface area (Å²) >= 11 is 7.66. The third-order valence-corrected chi connectivity index (χ3v) is 6.00. The van der Waals surface area contributed by atoms with Gasteiger partial charge in [-0.15, -0.1) is 0 Å². The highest BCUT2D eigenvalue weighted by Crippen LogP contribution is 2.31. The van der Waals surface area contributed by atoms with Crippen molar-refractivity contribution in [3.05, 3.63) is 70.4 Å². The van der Waals surface area contributed by atoms with E-state index in [0.29, 0.717) is 29.4 Å². The Balaban J connectivity index is 1.80. The molecular weight excluding hydrogens is 519 g/mol. The predicted octanol–water partition coefficient (Wildman–Crippen LogP) is 4.24. The van der Waals surface area contributed by atoms with Crippen LogP contribution in [0.2, 0.25) is 5.02 Å². The average Bonchev–Trinajstić information content (AvgIpc) is 3.47. The molecule has 0 radical (unpaired) electrons. The minimum atomic E-state index is -4.83. The second kappa shape index (κ2) is 10.2. The first-order valence-corrected chi connectivity index (χ1v) is 12.2. The largest absolute Gasteiger partial charge is 0.435 e. The first kappa shape index (κ1) is 25.5. The molecule has 0 fully saturated rings. The Bertz CT molecular complexity index is 1450. The van der Waals surface area contributed by atoms with Gasteiger partial charge in [0.15, 0.2) is 17.2 Å². The number of aryl methyl sites for hydroxylation is 1. The number of hydrogen-bond donors (Lipinski definition) is 2. The number of rotatable bonds is 7. The number of carbonyl (C=O) groups is 2. The number of amides is 2. The molecule has 0 aliphatic carbocycles. The molecule has 4 rings (SSSR count). The number of hydrogen-bond acceptors (Lipinski definition) is 6. The molecule has 9 nitrogen and oxygen atoms in total. The molecule has 0 aliphatic heterocycles. The van der Waals surface area contributed by atoms with Gasteiger partial charge in [0.05, 0.1) is 22.4 Å². The number of nitrogens with one attached hydrogen (secondary N) is 2. The van der Waals surface area contributed by atoms with Crippen LogP contribution in [-0.2, 0) is 6.18 Å². The first-order valence-electron chi connectivity index (χ1n) is 10.5. The van der Waals surface area contributed by atoms with Gasteiger partial charge in [0, 0.05) is 24.6 Å². The minimum absolute atomic E-state index is 0.00798. The van der Waals surface area contributed by atoms with E-state index in [2.05, 4.69) is 25.8 Å². The lowest BCUT2D eigenvalue weighted by Crippen LogP contribution is -2.30. The van der Waals surface area contributed by atoms with Crippen molar-refractivity contribution < 1.29 is 22.8 Å². The van der Waals surface area contributed by atoms with Gasteiger partial charge in [-0.05, 0) is 43.0 Å². The van der Waals surface area contributed by atoms with E-state index in [0.717, 1.165) is 4.68 Å². The van der Waals surface area contributed by atoms with Crippen LogP contribution in [-0.4, -0.2) is 54.7 Å². The van der Waals surface area contributed by atoms with Crippen molar-refractivity contribution in [3.63, 3.8) is 0 Å². The summed E-state index contributed by atoms with van der Waals surface area (Å²) < 4.78 is 42.5. The monoisotopic (exact) mass is 537 g/mol. The summed E-state index contributed by atoms with van der Waals surface area (Å²) in [6.45, 7) is 2.03. The molecule has 0 unspecified atom stereocenters. The Labute approximate surface area is 212 Å². The van der Waals surface area contributed by atoms with Crippen molar-refractivity contribution in [2.45, 2.75) is 13.1 Å². The van der Waals surface area contributed by atoms with E-state index in [4.69, 9.17) is 11.6 Å². The summed E-state index contributed by atoms with van der Waals surface area (Å²) in [5, 5.41) is 13.0. The smallest absolute Gasteiger partial charge is 0.350 e. The fraction of sp³-hybridized carbons (Fsp3) is 0.227. The summed E-state index contributed by atoms with van der Waals surface area (Å²) in [4.78, 5) is 30.4. The number of nitrogens with zero attached hydrogens (tertiary/aromatic N) is 5. The van der Waals surface area contributed by atoms with Gasteiger partial charge in [0.1, 0.15) is 5.69 Å². The van der Waals surface area contributed by atoms with Crippen molar-refractivity contribution in [2.75, 3.05) is 23.9 Å². The lowest BCUT2D eigenvalue weighted by atomic mass is 10.1. The molecule has 0 aliphatic rings. The van der Waals surface area contributed by atoms with E-state index in [9.17, 15) is 22.8 Å².